The SMILES string of the molecule is Cc1ccc(C2CCC(C)(F)CN2)cc1. The van der Waals surface area contributed by atoms with Crippen LogP contribution in [0, 0.1) is 6.92 Å². The van der Waals surface area contributed by atoms with E-state index in [0.717, 1.165) is 6.42 Å². The van der Waals surface area contributed by atoms with Gasteiger partial charge in [0.2, 0.25) is 0 Å². The van der Waals surface area contributed by atoms with E-state index >= 15 is 0 Å². The topological polar surface area (TPSA) is 12.0 Å². The molecule has 1 saturated heterocycles. The van der Waals surface area contributed by atoms with E-state index in [2.05, 4.69) is 36.5 Å². The summed E-state index contributed by atoms with van der Waals surface area (Å²) >= 11 is 0. The highest BCUT2D eigenvalue weighted by molar-refractivity contribution is 5.24. The summed E-state index contributed by atoms with van der Waals surface area (Å²) in [6.45, 7) is 4.22. The molecular weight excluding hydrogens is 189 g/mol. The number of aryl methyl sites for hydroxylation is 1. The van der Waals surface area contributed by atoms with E-state index in [9.17, 15) is 4.39 Å². The fourth-order valence-electron chi connectivity index (χ4n) is 2.06. The molecule has 2 rings (SSSR count). The Hall–Kier alpha value is -0.890. The average molecular weight is 207 g/mol. The Bertz CT molecular complexity index is 319. The zero-order chi connectivity index (χ0) is 10.9. The molecule has 0 radical (unpaired) electrons. The van der Waals surface area contributed by atoms with Gasteiger partial charge in [-0.05, 0) is 32.3 Å². The second-order valence-electron chi connectivity index (χ2n) is 4.80. The predicted octanol–water partition coefficient (Wildman–Crippen LogP) is 3.15. The molecule has 1 aromatic carbocycles. The van der Waals surface area contributed by atoms with Crippen LogP contribution < -0.4 is 5.32 Å². The number of rotatable bonds is 1. The molecule has 1 N–H and O–H groups in total. The number of halogens is 1. The lowest BCUT2D eigenvalue weighted by Gasteiger charge is -2.32. The number of nitrogens with one attached hydrogen (secondary N) is 1. The molecule has 0 aliphatic carbocycles. The van der Waals surface area contributed by atoms with E-state index in [1.165, 1.54) is 11.1 Å². The van der Waals surface area contributed by atoms with Crippen molar-refractivity contribution in [1.29, 1.82) is 0 Å². The molecule has 0 saturated carbocycles. The quantitative estimate of drug-likeness (QED) is 0.746. The maximum atomic E-state index is 13.6. The lowest BCUT2D eigenvalue weighted by Crippen LogP contribution is -2.41. The van der Waals surface area contributed by atoms with Crippen molar-refractivity contribution < 1.29 is 4.39 Å². The maximum absolute atomic E-state index is 13.6. The summed E-state index contributed by atoms with van der Waals surface area (Å²) in [4.78, 5) is 0. The summed E-state index contributed by atoms with van der Waals surface area (Å²) in [6.07, 6.45) is 1.54. The predicted molar refractivity (Wildman–Crippen MR) is 60.7 cm³/mol. The molecule has 0 aromatic heterocycles. The van der Waals surface area contributed by atoms with Gasteiger partial charge in [-0.1, -0.05) is 29.8 Å². The molecular formula is C13H18FN. The molecule has 15 heavy (non-hydrogen) atoms. The highest BCUT2D eigenvalue weighted by Crippen LogP contribution is 2.30. The number of piperidine rings is 1. The first-order chi connectivity index (χ1) is 7.07. The van der Waals surface area contributed by atoms with Crippen molar-refractivity contribution in [2.24, 2.45) is 0 Å². The third-order valence-electron chi connectivity index (χ3n) is 3.15. The van der Waals surface area contributed by atoms with Gasteiger partial charge in [0.25, 0.3) is 0 Å². The van der Waals surface area contributed by atoms with Crippen molar-refractivity contribution in [2.75, 3.05) is 6.54 Å². The van der Waals surface area contributed by atoms with Crippen molar-refractivity contribution in [3.05, 3.63) is 35.4 Å². The molecule has 0 amide bonds. The Kier molecular flexibility index (Phi) is 2.79. The van der Waals surface area contributed by atoms with E-state index in [1.54, 1.807) is 6.92 Å². The first kappa shape index (κ1) is 10.6. The van der Waals surface area contributed by atoms with Crippen LogP contribution in [0.25, 0.3) is 0 Å². The van der Waals surface area contributed by atoms with Gasteiger partial charge in [-0.15, -0.1) is 0 Å². The van der Waals surface area contributed by atoms with Gasteiger partial charge in [0.05, 0.1) is 0 Å². The fraction of sp³-hybridized carbons (Fsp3) is 0.538. The van der Waals surface area contributed by atoms with Gasteiger partial charge in [-0.2, -0.15) is 0 Å². The van der Waals surface area contributed by atoms with Crippen molar-refractivity contribution in [1.82, 2.24) is 5.32 Å². The second-order valence-corrected chi connectivity index (χ2v) is 4.80. The number of hydrogen-bond acceptors (Lipinski definition) is 1. The van der Waals surface area contributed by atoms with Crippen LogP contribution in [0.4, 0.5) is 4.39 Å². The monoisotopic (exact) mass is 207 g/mol. The van der Waals surface area contributed by atoms with Gasteiger partial charge in [-0.25, -0.2) is 4.39 Å². The van der Waals surface area contributed by atoms with Gasteiger partial charge in [0.1, 0.15) is 5.67 Å². The Morgan fingerprint density at radius 2 is 2.00 bits per heavy atom. The van der Waals surface area contributed by atoms with Gasteiger partial charge in [0.15, 0.2) is 0 Å². The maximum Gasteiger partial charge on any atom is 0.120 e. The standard InChI is InChI=1S/C13H18FN/c1-10-3-5-11(6-4-10)12-7-8-13(2,14)9-15-12/h3-6,12,15H,7-9H2,1-2H3. The second kappa shape index (κ2) is 3.93. The van der Waals surface area contributed by atoms with Crippen molar-refractivity contribution >= 4 is 0 Å². The summed E-state index contributed by atoms with van der Waals surface area (Å²) in [5.41, 5.74) is 1.52. The van der Waals surface area contributed by atoms with E-state index in [4.69, 9.17) is 0 Å². The summed E-state index contributed by atoms with van der Waals surface area (Å²) in [7, 11) is 0. The summed E-state index contributed by atoms with van der Waals surface area (Å²) < 4.78 is 13.6. The molecule has 1 aliphatic rings. The molecule has 1 heterocycles. The minimum Gasteiger partial charge on any atom is -0.307 e. The molecule has 1 aromatic rings. The summed E-state index contributed by atoms with van der Waals surface area (Å²) in [5.74, 6) is 0. The van der Waals surface area contributed by atoms with Crippen molar-refractivity contribution in [3.8, 4) is 0 Å². The smallest absolute Gasteiger partial charge is 0.120 e. The third-order valence-corrected chi connectivity index (χ3v) is 3.15. The van der Waals surface area contributed by atoms with E-state index in [0.29, 0.717) is 19.0 Å². The number of hydrogen-bond donors (Lipinski definition) is 1. The third kappa shape index (κ3) is 2.57. The largest absolute Gasteiger partial charge is 0.307 e. The number of alkyl halides is 1. The van der Waals surface area contributed by atoms with Gasteiger partial charge in [0, 0.05) is 12.6 Å². The first-order valence-electron chi connectivity index (χ1n) is 5.56. The van der Waals surface area contributed by atoms with E-state index in [-0.39, 0.29) is 0 Å². The first-order valence-corrected chi connectivity index (χ1v) is 5.56. The molecule has 1 nitrogen and oxygen atoms in total. The van der Waals surface area contributed by atoms with Gasteiger partial charge >= 0.3 is 0 Å². The highest BCUT2D eigenvalue weighted by Gasteiger charge is 2.30. The van der Waals surface area contributed by atoms with Crippen molar-refractivity contribution in [3.63, 3.8) is 0 Å². The minimum atomic E-state index is -1.03. The molecule has 1 fully saturated rings. The Morgan fingerprint density at radius 1 is 1.33 bits per heavy atom. The molecule has 2 unspecified atom stereocenters. The zero-order valence-electron chi connectivity index (χ0n) is 9.39. The Morgan fingerprint density at radius 3 is 2.53 bits per heavy atom. The normalized spacial score (nSPS) is 31.5. The molecule has 1 aliphatic heterocycles. The van der Waals surface area contributed by atoms with Crippen LogP contribution in [0.15, 0.2) is 24.3 Å². The Labute approximate surface area is 90.7 Å². The Balaban J connectivity index is 2.04. The van der Waals surface area contributed by atoms with Crippen molar-refractivity contribution in [2.45, 2.75) is 38.4 Å². The van der Waals surface area contributed by atoms with Gasteiger partial charge < -0.3 is 5.32 Å². The summed E-state index contributed by atoms with van der Waals surface area (Å²) in [5, 5.41) is 3.27. The molecule has 82 valence electrons. The van der Waals surface area contributed by atoms with E-state index in [1.807, 2.05) is 0 Å². The van der Waals surface area contributed by atoms with Crippen LogP contribution in [0.5, 0.6) is 0 Å². The molecule has 2 atom stereocenters. The van der Waals surface area contributed by atoms with Crippen LogP contribution in [0.3, 0.4) is 0 Å². The highest BCUT2D eigenvalue weighted by atomic mass is 19.1. The van der Waals surface area contributed by atoms with E-state index < -0.39 is 5.67 Å². The van der Waals surface area contributed by atoms with Crippen LogP contribution in [-0.2, 0) is 0 Å². The fourth-order valence-corrected chi connectivity index (χ4v) is 2.06. The lowest BCUT2D eigenvalue weighted by molar-refractivity contribution is 0.125. The molecule has 0 bridgehead atoms. The lowest BCUT2D eigenvalue weighted by atomic mass is 9.90. The molecule has 2 heteroatoms. The number of benzene rings is 1. The van der Waals surface area contributed by atoms with Crippen LogP contribution >= 0.6 is 0 Å². The average Bonchev–Trinajstić information content (AvgIpc) is 2.20. The van der Waals surface area contributed by atoms with Crippen LogP contribution in [0.1, 0.15) is 36.9 Å². The minimum absolute atomic E-state index is 0.328. The summed E-state index contributed by atoms with van der Waals surface area (Å²) in [6, 6.07) is 8.82. The molecule has 0 spiro atoms. The van der Waals surface area contributed by atoms with Crippen LogP contribution in [-0.4, -0.2) is 12.2 Å². The van der Waals surface area contributed by atoms with Gasteiger partial charge in [-0.3, -0.25) is 0 Å². The van der Waals surface area contributed by atoms with Crippen LogP contribution in [0.2, 0.25) is 0 Å². The zero-order valence-corrected chi connectivity index (χ0v) is 9.39.